The van der Waals surface area contributed by atoms with E-state index < -0.39 is 41.3 Å². The van der Waals surface area contributed by atoms with Crippen LogP contribution in [0.15, 0.2) is 59.4 Å². The normalized spacial score (nSPS) is 11.3. The Hall–Kier alpha value is -3.82. The van der Waals surface area contributed by atoms with Crippen molar-refractivity contribution in [1.29, 1.82) is 0 Å². The number of rotatable bonds is 5. The second-order valence-electron chi connectivity index (χ2n) is 6.60. The molecule has 1 aromatic heterocycles. The number of hydrogen-bond acceptors (Lipinski definition) is 4. The highest BCUT2D eigenvalue weighted by Crippen LogP contribution is 2.32. The van der Waals surface area contributed by atoms with Gasteiger partial charge in [0.1, 0.15) is 5.69 Å². The summed E-state index contributed by atoms with van der Waals surface area (Å²) >= 11 is 0. The van der Waals surface area contributed by atoms with Gasteiger partial charge in [0.2, 0.25) is 0 Å². The molecule has 0 aliphatic carbocycles. The summed E-state index contributed by atoms with van der Waals surface area (Å²) in [6.45, 7) is 0.756. The molecule has 0 saturated heterocycles. The molecule has 10 heteroatoms. The molecule has 0 saturated carbocycles. The molecule has 0 aliphatic heterocycles. The third kappa shape index (κ3) is 4.52. The molecule has 0 spiro atoms. The Morgan fingerprint density at radius 3 is 2.29 bits per heavy atom. The van der Waals surface area contributed by atoms with Crippen LogP contribution in [0.4, 0.5) is 18.9 Å². The van der Waals surface area contributed by atoms with Crippen molar-refractivity contribution >= 4 is 17.6 Å². The third-order valence-corrected chi connectivity index (χ3v) is 4.61. The maximum atomic E-state index is 13.0. The van der Waals surface area contributed by atoms with Gasteiger partial charge in [0, 0.05) is 7.05 Å². The third-order valence-electron chi connectivity index (χ3n) is 4.61. The van der Waals surface area contributed by atoms with Crippen LogP contribution in [0, 0.1) is 6.92 Å². The van der Waals surface area contributed by atoms with Crippen LogP contribution in [-0.4, -0.2) is 27.8 Å². The fraction of sp³-hybridized carbons (Fsp3) is 0.190. The first-order chi connectivity index (χ1) is 14.6. The quantitative estimate of drug-likeness (QED) is 0.626. The summed E-state index contributed by atoms with van der Waals surface area (Å²) in [4.78, 5) is 37.1. The fourth-order valence-electron chi connectivity index (χ4n) is 3.00. The zero-order chi connectivity index (χ0) is 22.8. The zero-order valence-electron chi connectivity index (χ0n) is 16.6. The lowest BCUT2D eigenvalue weighted by Gasteiger charge is -2.12. The topological polar surface area (TPSA) is 82.3 Å². The Morgan fingerprint density at radius 2 is 1.65 bits per heavy atom. The molecule has 31 heavy (non-hydrogen) atoms. The Labute approximate surface area is 174 Å². The number of nitrogens with zero attached hydrogens (tertiary/aromatic N) is 2. The predicted molar refractivity (Wildman–Crippen MR) is 106 cm³/mol. The first-order valence-electron chi connectivity index (χ1n) is 9.08. The highest BCUT2D eigenvalue weighted by molar-refractivity contribution is 5.96. The van der Waals surface area contributed by atoms with E-state index in [9.17, 15) is 27.6 Å². The first kappa shape index (κ1) is 21.9. The summed E-state index contributed by atoms with van der Waals surface area (Å²) in [6.07, 6.45) is -4.75. The first-order valence-corrected chi connectivity index (χ1v) is 9.08. The van der Waals surface area contributed by atoms with Gasteiger partial charge in [-0.05, 0) is 31.2 Å². The number of anilines is 1. The number of para-hydroxylation sites is 1. The largest absolute Gasteiger partial charge is 0.452 e. The van der Waals surface area contributed by atoms with Gasteiger partial charge < -0.3 is 10.1 Å². The lowest BCUT2D eigenvalue weighted by molar-refractivity contribution is -0.138. The van der Waals surface area contributed by atoms with Crippen LogP contribution in [0.5, 0.6) is 0 Å². The van der Waals surface area contributed by atoms with E-state index in [2.05, 4.69) is 5.32 Å². The van der Waals surface area contributed by atoms with Crippen molar-refractivity contribution in [3.63, 3.8) is 0 Å². The van der Waals surface area contributed by atoms with Crippen molar-refractivity contribution in [3.05, 3.63) is 81.8 Å². The van der Waals surface area contributed by atoms with Crippen LogP contribution >= 0.6 is 0 Å². The molecule has 1 heterocycles. The summed E-state index contributed by atoms with van der Waals surface area (Å²) in [5, 5.41) is 2.37. The molecule has 0 bridgehead atoms. The second kappa shape index (κ2) is 8.50. The Bertz CT molecular complexity index is 1180. The Kier molecular flexibility index (Phi) is 6.00. The van der Waals surface area contributed by atoms with Crippen molar-refractivity contribution in [2.75, 3.05) is 11.9 Å². The predicted octanol–water partition coefficient (Wildman–Crippen LogP) is 3.30. The van der Waals surface area contributed by atoms with E-state index in [1.807, 2.05) is 0 Å². The SMILES string of the molecule is Cc1c(NC(=O)COC(=O)c2ccccc2C(F)(F)F)c(=O)n(-c2ccccc2)n1C. The molecule has 0 fully saturated rings. The molecule has 7 nitrogen and oxygen atoms in total. The number of hydrogen-bond donors (Lipinski definition) is 1. The maximum absolute atomic E-state index is 13.0. The number of amides is 1. The van der Waals surface area contributed by atoms with Gasteiger partial charge in [-0.3, -0.25) is 14.3 Å². The summed E-state index contributed by atoms with van der Waals surface area (Å²) in [5.74, 6) is -2.15. The minimum absolute atomic E-state index is 0.0249. The van der Waals surface area contributed by atoms with Crippen molar-refractivity contribution in [2.45, 2.75) is 13.1 Å². The van der Waals surface area contributed by atoms with E-state index in [1.54, 1.807) is 49.0 Å². The molecule has 3 rings (SSSR count). The van der Waals surface area contributed by atoms with Crippen molar-refractivity contribution in [2.24, 2.45) is 7.05 Å². The number of halogens is 3. The molecule has 162 valence electrons. The molecule has 1 N–H and O–H groups in total. The average molecular weight is 433 g/mol. The average Bonchev–Trinajstić information content (AvgIpc) is 2.95. The molecule has 0 aliphatic rings. The molecule has 1 amide bonds. The van der Waals surface area contributed by atoms with Gasteiger partial charge >= 0.3 is 12.1 Å². The zero-order valence-corrected chi connectivity index (χ0v) is 16.6. The van der Waals surface area contributed by atoms with E-state index in [1.165, 1.54) is 10.7 Å². The van der Waals surface area contributed by atoms with Crippen molar-refractivity contribution in [1.82, 2.24) is 9.36 Å². The van der Waals surface area contributed by atoms with Gasteiger partial charge in [-0.15, -0.1) is 0 Å². The summed E-state index contributed by atoms with van der Waals surface area (Å²) in [6, 6.07) is 12.8. The number of benzene rings is 2. The minimum Gasteiger partial charge on any atom is -0.452 e. The maximum Gasteiger partial charge on any atom is 0.417 e. The fourth-order valence-corrected chi connectivity index (χ4v) is 3.00. The summed E-state index contributed by atoms with van der Waals surface area (Å²) in [7, 11) is 1.63. The van der Waals surface area contributed by atoms with Crippen LogP contribution in [-0.2, 0) is 22.8 Å². The van der Waals surface area contributed by atoms with E-state index in [0.29, 0.717) is 11.4 Å². The highest BCUT2D eigenvalue weighted by atomic mass is 19.4. The Morgan fingerprint density at radius 1 is 1.03 bits per heavy atom. The van der Waals surface area contributed by atoms with Crippen molar-refractivity contribution < 1.29 is 27.5 Å². The number of alkyl halides is 3. The minimum atomic E-state index is -4.75. The molecular formula is C21H18F3N3O4. The number of nitrogens with one attached hydrogen (secondary N) is 1. The molecule has 0 atom stereocenters. The van der Waals surface area contributed by atoms with Crippen LogP contribution in [0.1, 0.15) is 21.6 Å². The highest BCUT2D eigenvalue weighted by Gasteiger charge is 2.35. The lowest BCUT2D eigenvalue weighted by Crippen LogP contribution is -2.26. The summed E-state index contributed by atoms with van der Waals surface area (Å²) < 4.78 is 46.7. The van der Waals surface area contributed by atoms with Gasteiger partial charge in [-0.2, -0.15) is 13.2 Å². The van der Waals surface area contributed by atoms with Crippen LogP contribution in [0.3, 0.4) is 0 Å². The van der Waals surface area contributed by atoms with Crippen LogP contribution in [0.2, 0.25) is 0 Å². The number of esters is 1. The van der Waals surface area contributed by atoms with E-state index >= 15 is 0 Å². The van der Waals surface area contributed by atoms with Gasteiger partial charge in [0.15, 0.2) is 6.61 Å². The van der Waals surface area contributed by atoms with Gasteiger partial charge in [-0.25, -0.2) is 9.48 Å². The smallest absolute Gasteiger partial charge is 0.417 e. The molecule has 0 unspecified atom stereocenters. The van der Waals surface area contributed by atoms with Gasteiger partial charge in [0.25, 0.3) is 11.5 Å². The van der Waals surface area contributed by atoms with Gasteiger partial charge in [0.05, 0.1) is 22.5 Å². The number of ether oxygens (including phenoxy) is 1. The molecular weight excluding hydrogens is 415 g/mol. The molecule has 0 radical (unpaired) electrons. The number of carbonyl (C=O) groups excluding carboxylic acids is 2. The standard InChI is InChI=1S/C21H18F3N3O4/c1-13-18(19(29)27(26(13)2)14-8-4-3-5-9-14)25-17(28)12-31-20(30)15-10-6-7-11-16(15)21(22,23)24/h3-11H,12H2,1-2H3,(H,25,28). The lowest BCUT2D eigenvalue weighted by atomic mass is 10.1. The van der Waals surface area contributed by atoms with E-state index in [0.717, 1.165) is 18.2 Å². The number of carbonyl (C=O) groups is 2. The Balaban J connectivity index is 1.75. The van der Waals surface area contributed by atoms with Crippen molar-refractivity contribution in [3.8, 4) is 5.69 Å². The molecule has 3 aromatic rings. The number of aromatic nitrogens is 2. The molecule has 2 aromatic carbocycles. The van der Waals surface area contributed by atoms with E-state index in [4.69, 9.17) is 4.74 Å². The summed E-state index contributed by atoms with van der Waals surface area (Å²) in [5.41, 5.74) is -1.38. The second-order valence-corrected chi connectivity index (χ2v) is 6.60. The van der Waals surface area contributed by atoms with Gasteiger partial charge in [-0.1, -0.05) is 30.3 Å². The monoisotopic (exact) mass is 433 g/mol. The van der Waals surface area contributed by atoms with E-state index in [-0.39, 0.29) is 5.69 Å². The van der Waals surface area contributed by atoms with Crippen LogP contribution in [0.25, 0.3) is 5.69 Å². The van der Waals surface area contributed by atoms with Crippen LogP contribution < -0.4 is 10.9 Å².